The second-order valence-electron chi connectivity index (χ2n) is 10.1. The first kappa shape index (κ1) is 21.2. The average Bonchev–Trinajstić information content (AvgIpc) is 3.00. The number of benzene rings is 8. The van der Waals surface area contributed by atoms with E-state index in [0.29, 0.717) is 0 Å². The summed E-state index contributed by atoms with van der Waals surface area (Å²) < 4.78 is 0. The number of hydrogen-bond donors (Lipinski definition) is 0. The van der Waals surface area contributed by atoms with Gasteiger partial charge in [0.1, 0.15) is 0 Å². The van der Waals surface area contributed by atoms with Crippen molar-refractivity contribution in [3.05, 3.63) is 146 Å². The molecule has 0 saturated carbocycles. The Bertz CT molecular complexity index is 2100. The summed E-state index contributed by atoms with van der Waals surface area (Å²) >= 11 is 0. The Morgan fingerprint density at radius 1 is 0.263 bits per heavy atom. The Morgan fingerprint density at radius 3 is 1.58 bits per heavy atom. The minimum Gasteiger partial charge on any atom is -0.0622 e. The van der Waals surface area contributed by atoms with Crippen LogP contribution in [0, 0.1) is 0 Å². The lowest BCUT2D eigenvalue weighted by molar-refractivity contribution is 1.65. The van der Waals surface area contributed by atoms with Crippen molar-refractivity contribution in [2.24, 2.45) is 0 Å². The monoisotopic (exact) mass is 480 g/mol. The molecule has 0 aliphatic rings. The van der Waals surface area contributed by atoms with Crippen LogP contribution in [0.3, 0.4) is 0 Å². The standard InChI is InChI=1S/C38H24/c1-3-10-26(11-4-1)31-21-22-34-35(30-16-15-25-9-7-8-14-29(25)23-30)24-36-32(27-12-5-2-6-13-27)19-17-28-18-20-33(31)38(34)37(28)36/h1-24H. The van der Waals surface area contributed by atoms with Crippen molar-refractivity contribution in [3.63, 3.8) is 0 Å². The van der Waals surface area contributed by atoms with Gasteiger partial charge in [0.05, 0.1) is 0 Å². The molecule has 0 heteroatoms. The van der Waals surface area contributed by atoms with Gasteiger partial charge in [0.2, 0.25) is 0 Å². The largest absolute Gasteiger partial charge is 0.0622 e. The molecule has 0 aliphatic carbocycles. The van der Waals surface area contributed by atoms with E-state index in [2.05, 4.69) is 146 Å². The summed E-state index contributed by atoms with van der Waals surface area (Å²) in [7, 11) is 0. The van der Waals surface area contributed by atoms with Crippen LogP contribution in [0.25, 0.3) is 76.5 Å². The van der Waals surface area contributed by atoms with Gasteiger partial charge in [-0.05, 0) is 88.6 Å². The first-order valence-corrected chi connectivity index (χ1v) is 13.2. The van der Waals surface area contributed by atoms with Crippen molar-refractivity contribution >= 4 is 43.1 Å². The van der Waals surface area contributed by atoms with Crippen LogP contribution in [0.15, 0.2) is 146 Å². The van der Waals surface area contributed by atoms with Gasteiger partial charge in [-0.1, -0.05) is 133 Å². The van der Waals surface area contributed by atoms with Crippen molar-refractivity contribution < 1.29 is 0 Å². The molecule has 0 saturated heterocycles. The number of fused-ring (bicyclic) bond motifs is 1. The fourth-order valence-corrected chi connectivity index (χ4v) is 6.22. The molecule has 0 aromatic heterocycles. The second-order valence-corrected chi connectivity index (χ2v) is 10.1. The third kappa shape index (κ3) is 3.17. The molecular weight excluding hydrogens is 456 g/mol. The summed E-state index contributed by atoms with van der Waals surface area (Å²) in [5.74, 6) is 0. The van der Waals surface area contributed by atoms with Gasteiger partial charge in [0.25, 0.3) is 0 Å². The first-order chi connectivity index (χ1) is 18.8. The van der Waals surface area contributed by atoms with E-state index >= 15 is 0 Å². The molecular formula is C38H24. The molecule has 0 nitrogen and oxygen atoms in total. The fourth-order valence-electron chi connectivity index (χ4n) is 6.22. The summed E-state index contributed by atoms with van der Waals surface area (Å²) in [4.78, 5) is 0. The molecule has 176 valence electrons. The molecule has 0 atom stereocenters. The molecule has 0 spiro atoms. The average molecular weight is 481 g/mol. The lowest BCUT2D eigenvalue weighted by Crippen LogP contribution is -1.92. The Labute approximate surface area is 221 Å². The molecule has 0 bridgehead atoms. The van der Waals surface area contributed by atoms with Crippen LogP contribution < -0.4 is 0 Å². The Balaban J connectivity index is 1.55. The van der Waals surface area contributed by atoms with Gasteiger partial charge in [0.15, 0.2) is 0 Å². The topological polar surface area (TPSA) is 0 Å². The highest BCUT2D eigenvalue weighted by molar-refractivity contribution is 6.30. The third-order valence-electron chi connectivity index (χ3n) is 8.01. The van der Waals surface area contributed by atoms with E-state index < -0.39 is 0 Å². The highest BCUT2D eigenvalue weighted by Gasteiger charge is 2.18. The van der Waals surface area contributed by atoms with Gasteiger partial charge in [-0.2, -0.15) is 0 Å². The van der Waals surface area contributed by atoms with Crippen molar-refractivity contribution in [1.82, 2.24) is 0 Å². The van der Waals surface area contributed by atoms with Gasteiger partial charge in [0, 0.05) is 0 Å². The normalized spacial score (nSPS) is 11.7. The van der Waals surface area contributed by atoms with Crippen LogP contribution in [0.4, 0.5) is 0 Å². The molecule has 0 aliphatic heterocycles. The van der Waals surface area contributed by atoms with Crippen LogP contribution in [0.1, 0.15) is 0 Å². The smallest absolute Gasteiger partial charge is 0.00141 e. The van der Waals surface area contributed by atoms with E-state index in [4.69, 9.17) is 0 Å². The SMILES string of the molecule is c1ccc(-c2ccc3ccc4c(-c5ccccc5)ccc5c(-c6ccc7ccccc7c6)cc2c3c45)cc1. The predicted molar refractivity (Wildman–Crippen MR) is 164 cm³/mol. The van der Waals surface area contributed by atoms with Gasteiger partial charge in [-0.3, -0.25) is 0 Å². The van der Waals surface area contributed by atoms with Gasteiger partial charge in [-0.15, -0.1) is 0 Å². The van der Waals surface area contributed by atoms with E-state index in [1.165, 1.54) is 76.5 Å². The van der Waals surface area contributed by atoms with Crippen LogP contribution in [0.2, 0.25) is 0 Å². The molecule has 0 radical (unpaired) electrons. The van der Waals surface area contributed by atoms with E-state index in [1.54, 1.807) is 0 Å². The molecule has 0 amide bonds. The van der Waals surface area contributed by atoms with Gasteiger partial charge in [-0.25, -0.2) is 0 Å². The molecule has 38 heavy (non-hydrogen) atoms. The van der Waals surface area contributed by atoms with E-state index in [-0.39, 0.29) is 0 Å². The van der Waals surface area contributed by atoms with Crippen LogP contribution in [0.5, 0.6) is 0 Å². The number of rotatable bonds is 3. The van der Waals surface area contributed by atoms with Crippen molar-refractivity contribution in [2.75, 3.05) is 0 Å². The molecule has 8 aromatic rings. The summed E-state index contributed by atoms with van der Waals surface area (Å²) in [5, 5.41) is 10.4. The quantitative estimate of drug-likeness (QED) is 0.221. The Morgan fingerprint density at radius 2 is 0.816 bits per heavy atom. The Kier molecular flexibility index (Phi) is 4.62. The molecule has 0 heterocycles. The van der Waals surface area contributed by atoms with Gasteiger partial charge >= 0.3 is 0 Å². The maximum absolute atomic E-state index is 2.43. The van der Waals surface area contributed by atoms with E-state index in [0.717, 1.165) is 0 Å². The molecule has 0 fully saturated rings. The Hall–Kier alpha value is -4.94. The van der Waals surface area contributed by atoms with E-state index in [1.807, 2.05) is 0 Å². The zero-order valence-corrected chi connectivity index (χ0v) is 20.9. The first-order valence-electron chi connectivity index (χ1n) is 13.2. The van der Waals surface area contributed by atoms with Gasteiger partial charge < -0.3 is 0 Å². The lowest BCUT2D eigenvalue weighted by atomic mass is 9.84. The molecule has 0 unspecified atom stereocenters. The molecule has 8 aromatic carbocycles. The summed E-state index contributed by atoms with van der Waals surface area (Å²) in [6.07, 6.45) is 0. The summed E-state index contributed by atoms with van der Waals surface area (Å²) in [6, 6.07) is 53.3. The minimum absolute atomic E-state index is 1.25. The van der Waals surface area contributed by atoms with E-state index in [9.17, 15) is 0 Å². The predicted octanol–water partition coefficient (Wildman–Crippen LogP) is 10.7. The molecule has 8 rings (SSSR count). The highest BCUT2D eigenvalue weighted by atomic mass is 14.2. The maximum Gasteiger partial charge on any atom is -0.00141 e. The zero-order valence-electron chi connectivity index (χ0n) is 20.9. The zero-order chi connectivity index (χ0) is 25.1. The number of hydrogen-bond acceptors (Lipinski definition) is 0. The van der Waals surface area contributed by atoms with Crippen molar-refractivity contribution in [1.29, 1.82) is 0 Å². The highest BCUT2D eigenvalue weighted by Crippen LogP contribution is 2.46. The maximum atomic E-state index is 2.43. The fraction of sp³-hybridized carbons (Fsp3) is 0. The summed E-state index contributed by atoms with van der Waals surface area (Å²) in [5.41, 5.74) is 7.59. The summed E-state index contributed by atoms with van der Waals surface area (Å²) in [6.45, 7) is 0. The second kappa shape index (κ2) is 8.30. The lowest BCUT2D eigenvalue weighted by Gasteiger charge is -2.19. The van der Waals surface area contributed by atoms with Crippen LogP contribution in [-0.2, 0) is 0 Å². The minimum atomic E-state index is 1.25. The van der Waals surface area contributed by atoms with Crippen LogP contribution >= 0.6 is 0 Å². The van der Waals surface area contributed by atoms with Crippen LogP contribution in [-0.4, -0.2) is 0 Å². The van der Waals surface area contributed by atoms with Crippen molar-refractivity contribution in [2.45, 2.75) is 0 Å². The third-order valence-corrected chi connectivity index (χ3v) is 8.01. The molecule has 0 N–H and O–H groups in total. The van der Waals surface area contributed by atoms with Crippen molar-refractivity contribution in [3.8, 4) is 33.4 Å².